The average molecular weight is 160 g/mol. The Hall–Kier alpha value is -0.860. The van der Waals surface area contributed by atoms with Crippen LogP contribution in [0.5, 0.6) is 0 Å². The Balaban J connectivity index is 4.35. The lowest BCUT2D eigenvalue weighted by molar-refractivity contribution is -0.135. The first kappa shape index (κ1) is 10.1. The van der Waals surface area contributed by atoms with Crippen molar-refractivity contribution in [3.63, 3.8) is 0 Å². The van der Waals surface area contributed by atoms with Crippen LogP contribution >= 0.6 is 0 Å². The molecule has 0 heterocycles. The van der Waals surface area contributed by atoms with Crippen LogP contribution in [0.4, 0.5) is 4.39 Å². The molecule has 64 valence electrons. The topological polar surface area (TPSA) is 26.3 Å². The van der Waals surface area contributed by atoms with Crippen LogP contribution in [0.1, 0.15) is 20.8 Å². The minimum Gasteiger partial charge on any atom is -0.466 e. The molecule has 0 atom stereocenters. The van der Waals surface area contributed by atoms with Gasteiger partial charge in [-0.15, -0.1) is 0 Å². The summed E-state index contributed by atoms with van der Waals surface area (Å²) in [4.78, 5) is 10.5. The smallest absolute Gasteiger partial charge is 0.333 e. The van der Waals surface area contributed by atoms with Crippen LogP contribution < -0.4 is 0 Å². The van der Waals surface area contributed by atoms with E-state index in [1.807, 2.05) is 0 Å². The van der Waals surface area contributed by atoms with Gasteiger partial charge in [-0.3, -0.25) is 0 Å². The number of halogens is 1. The summed E-state index contributed by atoms with van der Waals surface area (Å²) >= 11 is 0. The Morgan fingerprint density at radius 2 is 1.91 bits per heavy atom. The summed E-state index contributed by atoms with van der Waals surface area (Å²) in [5.41, 5.74) is -0.617. The second-order valence-electron chi connectivity index (χ2n) is 3.27. The zero-order valence-corrected chi connectivity index (χ0v) is 7.27. The standard InChI is InChI=1S/C8H13FO2/c1-8(2,3)6(9)5-7(10)11-4/h5H,1-4H3/b6-5-. The molecule has 0 amide bonds. The lowest BCUT2D eigenvalue weighted by Gasteiger charge is -2.14. The van der Waals surface area contributed by atoms with Gasteiger partial charge in [-0.05, 0) is 0 Å². The van der Waals surface area contributed by atoms with Gasteiger partial charge in [0.2, 0.25) is 0 Å². The third-order valence-corrected chi connectivity index (χ3v) is 1.16. The molecule has 0 N–H and O–H groups in total. The fourth-order valence-electron chi connectivity index (χ4n) is 0.379. The van der Waals surface area contributed by atoms with Crippen LogP contribution in [0, 0.1) is 5.41 Å². The second kappa shape index (κ2) is 3.51. The lowest BCUT2D eigenvalue weighted by atomic mass is 9.95. The van der Waals surface area contributed by atoms with Crippen molar-refractivity contribution in [1.29, 1.82) is 0 Å². The van der Waals surface area contributed by atoms with Crippen molar-refractivity contribution in [1.82, 2.24) is 0 Å². The molecule has 0 saturated heterocycles. The number of hydrogen-bond acceptors (Lipinski definition) is 2. The number of ether oxygens (including phenoxy) is 1. The molecule has 0 aromatic heterocycles. The molecule has 0 bridgehead atoms. The minimum absolute atomic E-state index is 0.468. The molecule has 0 aliphatic heterocycles. The van der Waals surface area contributed by atoms with Gasteiger partial charge in [0.15, 0.2) is 0 Å². The average Bonchev–Trinajstić information content (AvgIpc) is 1.85. The van der Waals surface area contributed by atoms with E-state index in [9.17, 15) is 9.18 Å². The molecule has 0 radical (unpaired) electrons. The van der Waals surface area contributed by atoms with Gasteiger partial charge < -0.3 is 4.74 Å². The molecule has 0 spiro atoms. The first-order valence-electron chi connectivity index (χ1n) is 3.33. The number of methoxy groups -OCH3 is 1. The van der Waals surface area contributed by atoms with Gasteiger partial charge in [-0.1, -0.05) is 20.8 Å². The Labute approximate surface area is 66.0 Å². The van der Waals surface area contributed by atoms with E-state index in [-0.39, 0.29) is 0 Å². The number of carbonyl (C=O) groups is 1. The predicted octanol–water partition coefficient (Wildman–Crippen LogP) is 2.06. The van der Waals surface area contributed by atoms with E-state index in [1.165, 1.54) is 7.11 Å². The second-order valence-corrected chi connectivity index (χ2v) is 3.27. The highest BCUT2D eigenvalue weighted by Crippen LogP contribution is 2.25. The fourth-order valence-corrected chi connectivity index (χ4v) is 0.379. The molecule has 0 unspecified atom stereocenters. The number of rotatable bonds is 1. The van der Waals surface area contributed by atoms with Gasteiger partial charge in [0.1, 0.15) is 5.83 Å². The Kier molecular flexibility index (Phi) is 3.23. The predicted molar refractivity (Wildman–Crippen MR) is 40.7 cm³/mol. The largest absolute Gasteiger partial charge is 0.466 e. The van der Waals surface area contributed by atoms with Crippen molar-refractivity contribution in [2.45, 2.75) is 20.8 Å². The van der Waals surface area contributed by atoms with Crippen molar-refractivity contribution in [3.05, 3.63) is 11.9 Å². The van der Waals surface area contributed by atoms with E-state index in [4.69, 9.17) is 0 Å². The molecule has 3 heteroatoms. The summed E-state index contributed by atoms with van der Waals surface area (Å²) in [6.07, 6.45) is 0.861. The van der Waals surface area contributed by atoms with Crippen LogP contribution in [0.15, 0.2) is 11.9 Å². The normalized spacial score (nSPS) is 13.0. The van der Waals surface area contributed by atoms with Gasteiger partial charge in [0.25, 0.3) is 0 Å². The summed E-state index contributed by atoms with van der Waals surface area (Å²) in [5.74, 6) is -1.12. The summed E-state index contributed by atoms with van der Waals surface area (Å²) in [7, 11) is 1.22. The van der Waals surface area contributed by atoms with Crippen molar-refractivity contribution >= 4 is 5.97 Å². The highest BCUT2D eigenvalue weighted by atomic mass is 19.1. The monoisotopic (exact) mass is 160 g/mol. The summed E-state index contributed by atoms with van der Waals surface area (Å²) < 4.78 is 17.2. The minimum atomic E-state index is -0.655. The molecule has 0 aliphatic rings. The quantitative estimate of drug-likeness (QED) is 0.433. The van der Waals surface area contributed by atoms with Gasteiger partial charge >= 0.3 is 5.97 Å². The van der Waals surface area contributed by atoms with Gasteiger partial charge in [-0.25, -0.2) is 9.18 Å². The number of hydrogen-bond donors (Lipinski definition) is 0. The third kappa shape index (κ3) is 3.75. The molecule has 0 saturated carbocycles. The Bertz CT molecular complexity index is 177. The third-order valence-electron chi connectivity index (χ3n) is 1.16. The zero-order valence-electron chi connectivity index (χ0n) is 7.27. The SMILES string of the molecule is COC(=O)/C=C(\F)C(C)(C)C. The Morgan fingerprint density at radius 3 is 2.18 bits per heavy atom. The molecule has 0 fully saturated rings. The maximum atomic E-state index is 12.9. The van der Waals surface area contributed by atoms with Crippen molar-refractivity contribution < 1.29 is 13.9 Å². The van der Waals surface area contributed by atoms with E-state index in [2.05, 4.69) is 4.74 Å². The van der Waals surface area contributed by atoms with E-state index in [1.54, 1.807) is 20.8 Å². The van der Waals surface area contributed by atoms with E-state index in [0.29, 0.717) is 0 Å². The number of carbonyl (C=O) groups excluding carboxylic acids is 1. The van der Waals surface area contributed by atoms with Crippen LogP contribution in [-0.4, -0.2) is 13.1 Å². The zero-order chi connectivity index (χ0) is 9.07. The highest BCUT2D eigenvalue weighted by Gasteiger charge is 2.17. The van der Waals surface area contributed by atoms with Crippen molar-refractivity contribution in [2.24, 2.45) is 5.41 Å². The van der Waals surface area contributed by atoms with E-state index < -0.39 is 17.2 Å². The fraction of sp³-hybridized carbons (Fsp3) is 0.625. The maximum Gasteiger partial charge on any atom is 0.333 e. The number of esters is 1. The molecular weight excluding hydrogens is 147 g/mol. The van der Waals surface area contributed by atoms with Gasteiger partial charge in [-0.2, -0.15) is 0 Å². The summed E-state index contributed by atoms with van der Waals surface area (Å²) in [5, 5.41) is 0. The van der Waals surface area contributed by atoms with E-state index in [0.717, 1.165) is 6.08 Å². The first-order valence-corrected chi connectivity index (χ1v) is 3.33. The van der Waals surface area contributed by atoms with Gasteiger partial charge in [0.05, 0.1) is 13.2 Å². The van der Waals surface area contributed by atoms with Crippen molar-refractivity contribution in [2.75, 3.05) is 7.11 Å². The molecule has 0 rings (SSSR count). The lowest BCUT2D eigenvalue weighted by Crippen LogP contribution is -2.08. The maximum absolute atomic E-state index is 12.9. The first-order chi connectivity index (χ1) is 4.88. The molecule has 2 nitrogen and oxygen atoms in total. The van der Waals surface area contributed by atoms with Gasteiger partial charge in [0, 0.05) is 5.41 Å². The van der Waals surface area contributed by atoms with Crippen molar-refractivity contribution in [3.8, 4) is 0 Å². The highest BCUT2D eigenvalue weighted by molar-refractivity contribution is 5.82. The number of allylic oxidation sites excluding steroid dienone is 1. The van der Waals surface area contributed by atoms with Crippen LogP contribution in [0.2, 0.25) is 0 Å². The van der Waals surface area contributed by atoms with Crippen LogP contribution in [-0.2, 0) is 9.53 Å². The summed E-state index contributed by atoms with van der Waals surface area (Å²) in [6, 6.07) is 0. The van der Waals surface area contributed by atoms with E-state index >= 15 is 0 Å². The Morgan fingerprint density at radius 1 is 1.45 bits per heavy atom. The molecule has 11 heavy (non-hydrogen) atoms. The summed E-state index contributed by atoms with van der Waals surface area (Å²) in [6.45, 7) is 5.05. The molecule has 0 aromatic rings. The molecule has 0 aromatic carbocycles. The van der Waals surface area contributed by atoms with Crippen LogP contribution in [0.25, 0.3) is 0 Å². The van der Waals surface area contributed by atoms with Crippen LogP contribution in [0.3, 0.4) is 0 Å². The molecular formula is C8H13FO2. The molecule has 0 aliphatic carbocycles.